The summed E-state index contributed by atoms with van der Waals surface area (Å²) in [5, 5.41) is 14.4. The van der Waals surface area contributed by atoms with Gasteiger partial charge in [-0.15, -0.1) is 0 Å². The first kappa shape index (κ1) is 22.8. The minimum Gasteiger partial charge on any atom is -0.481 e. The summed E-state index contributed by atoms with van der Waals surface area (Å²) in [5.41, 5.74) is 3.10. The Morgan fingerprint density at radius 2 is 1.67 bits per heavy atom. The first-order chi connectivity index (χ1) is 15.8. The van der Waals surface area contributed by atoms with Crippen LogP contribution >= 0.6 is 0 Å². The molecule has 8 heteroatoms. The molecule has 2 amide bonds. The predicted octanol–water partition coefficient (Wildman–Crippen LogP) is 2.77. The summed E-state index contributed by atoms with van der Waals surface area (Å²) in [7, 11) is 1.44. The van der Waals surface area contributed by atoms with Gasteiger partial charge in [-0.3, -0.25) is 9.59 Å². The van der Waals surface area contributed by atoms with Gasteiger partial charge in [0.25, 0.3) is 0 Å². The van der Waals surface area contributed by atoms with Crippen molar-refractivity contribution in [1.29, 1.82) is 0 Å². The summed E-state index contributed by atoms with van der Waals surface area (Å²) in [5.74, 6) is -1.91. The normalized spacial score (nSPS) is 20.2. The van der Waals surface area contributed by atoms with Gasteiger partial charge in [0.15, 0.2) is 0 Å². The van der Waals surface area contributed by atoms with Gasteiger partial charge >= 0.3 is 12.1 Å². The number of aliphatic carboxylic acids is 1. The lowest BCUT2D eigenvalue weighted by Gasteiger charge is -2.28. The first-order valence-electron chi connectivity index (χ1n) is 11.0. The number of methoxy groups -OCH3 is 1. The summed E-state index contributed by atoms with van der Waals surface area (Å²) in [6, 6.07) is 16.1. The second kappa shape index (κ2) is 9.23. The third kappa shape index (κ3) is 4.71. The Hall–Kier alpha value is -3.39. The topological polar surface area (TPSA) is 114 Å². The van der Waals surface area contributed by atoms with Crippen LogP contribution in [0.4, 0.5) is 4.79 Å². The van der Waals surface area contributed by atoms with Crippen molar-refractivity contribution in [1.82, 2.24) is 10.6 Å². The maximum atomic E-state index is 12.8. The molecular weight excluding hydrogens is 424 g/mol. The number of nitrogens with one attached hydrogen (secondary N) is 2. The third-order valence-corrected chi connectivity index (χ3v) is 6.42. The molecule has 0 spiro atoms. The van der Waals surface area contributed by atoms with E-state index in [1.54, 1.807) is 6.92 Å². The summed E-state index contributed by atoms with van der Waals surface area (Å²) < 4.78 is 10.7. The zero-order valence-corrected chi connectivity index (χ0v) is 18.7. The summed E-state index contributed by atoms with van der Waals surface area (Å²) in [6.07, 6.45) is -0.183. The molecule has 0 aliphatic heterocycles. The lowest BCUT2D eigenvalue weighted by atomic mass is 9.98. The van der Waals surface area contributed by atoms with E-state index in [-0.39, 0.29) is 31.6 Å². The van der Waals surface area contributed by atoms with Crippen molar-refractivity contribution in [2.45, 2.75) is 24.8 Å². The molecule has 2 aliphatic rings. The van der Waals surface area contributed by atoms with Gasteiger partial charge in [0, 0.05) is 19.6 Å². The number of ether oxygens (including phenoxy) is 2. The largest absolute Gasteiger partial charge is 0.481 e. The number of fused-ring (bicyclic) bond motifs is 3. The van der Waals surface area contributed by atoms with Crippen LogP contribution < -0.4 is 10.6 Å². The van der Waals surface area contributed by atoms with E-state index in [1.165, 1.54) is 7.11 Å². The molecule has 174 valence electrons. The van der Waals surface area contributed by atoms with Crippen LogP contribution in [0.15, 0.2) is 48.5 Å². The van der Waals surface area contributed by atoms with Gasteiger partial charge in [-0.2, -0.15) is 0 Å². The number of carboxylic acids is 1. The molecule has 0 bridgehead atoms. The highest BCUT2D eigenvalue weighted by molar-refractivity contribution is 5.90. The van der Waals surface area contributed by atoms with E-state index in [2.05, 4.69) is 22.8 Å². The van der Waals surface area contributed by atoms with Gasteiger partial charge in [0.2, 0.25) is 5.91 Å². The highest BCUT2D eigenvalue weighted by atomic mass is 16.5. The number of rotatable bonds is 9. The van der Waals surface area contributed by atoms with E-state index in [9.17, 15) is 14.4 Å². The number of amides is 2. The van der Waals surface area contributed by atoms with Gasteiger partial charge in [0.05, 0.1) is 12.5 Å². The molecule has 3 atom stereocenters. The third-order valence-electron chi connectivity index (χ3n) is 6.42. The molecule has 1 saturated carbocycles. The van der Waals surface area contributed by atoms with Crippen molar-refractivity contribution in [3.8, 4) is 11.1 Å². The summed E-state index contributed by atoms with van der Waals surface area (Å²) >= 11 is 0. The molecule has 4 rings (SSSR count). The Balaban J connectivity index is 1.37. The van der Waals surface area contributed by atoms with Crippen LogP contribution in [0.5, 0.6) is 0 Å². The van der Waals surface area contributed by atoms with Crippen LogP contribution in [0.3, 0.4) is 0 Å². The van der Waals surface area contributed by atoms with Crippen molar-refractivity contribution >= 4 is 18.0 Å². The molecule has 33 heavy (non-hydrogen) atoms. The van der Waals surface area contributed by atoms with Crippen molar-refractivity contribution in [3.63, 3.8) is 0 Å². The molecule has 1 unspecified atom stereocenters. The minimum atomic E-state index is -1.36. The maximum absolute atomic E-state index is 12.8. The Kier molecular flexibility index (Phi) is 6.37. The van der Waals surface area contributed by atoms with E-state index in [4.69, 9.17) is 14.6 Å². The molecule has 2 aromatic carbocycles. The van der Waals surface area contributed by atoms with Gasteiger partial charge in [-0.05, 0) is 41.5 Å². The molecule has 3 N–H and O–H groups in total. The van der Waals surface area contributed by atoms with Crippen molar-refractivity contribution < 1.29 is 29.0 Å². The standard InChI is InChI=1S/C25H28N2O6/c1-25(14-32-2,23(30)26-12-15-11-20(15)22(28)29)27-24(31)33-13-21-18-9-5-3-7-16(18)17-8-4-6-10-19(17)21/h3-10,15,20-21H,11-14H2,1-2H3,(H,26,30)(H,27,31)(H,28,29)/t15-,20-,25?/m0/s1. The Morgan fingerprint density at radius 1 is 1.06 bits per heavy atom. The van der Waals surface area contributed by atoms with Gasteiger partial charge in [0.1, 0.15) is 12.1 Å². The fourth-order valence-electron chi connectivity index (χ4n) is 4.50. The zero-order chi connectivity index (χ0) is 23.6. The van der Waals surface area contributed by atoms with Crippen LogP contribution in [0.25, 0.3) is 11.1 Å². The lowest BCUT2D eigenvalue weighted by molar-refractivity contribution is -0.139. The Labute approximate surface area is 192 Å². The quantitative estimate of drug-likeness (QED) is 0.539. The Morgan fingerprint density at radius 3 is 2.21 bits per heavy atom. The number of carboxylic acid groups (broad SMARTS) is 1. The van der Waals surface area contributed by atoms with Gasteiger partial charge in [-0.1, -0.05) is 48.5 Å². The summed E-state index contributed by atoms with van der Waals surface area (Å²) in [4.78, 5) is 36.4. The number of alkyl carbamates (subject to hydrolysis) is 1. The molecule has 2 aromatic rings. The monoisotopic (exact) mass is 452 g/mol. The highest BCUT2D eigenvalue weighted by Gasteiger charge is 2.44. The fourth-order valence-corrected chi connectivity index (χ4v) is 4.50. The van der Waals surface area contributed by atoms with E-state index < -0.39 is 29.4 Å². The molecule has 0 aromatic heterocycles. The van der Waals surface area contributed by atoms with Crippen molar-refractivity contribution in [3.05, 3.63) is 59.7 Å². The van der Waals surface area contributed by atoms with E-state index >= 15 is 0 Å². The van der Waals surface area contributed by atoms with Crippen LogP contribution in [-0.4, -0.2) is 55.5 Å². The minimum absolute atomic E-state index is 0.0595. The molecule has 0 radical (unpaired) electrons. The van der Waals surface area contributed by atoms with Crippen LogP contribution in [-0.2, 0) is 19.1 Å². The number of benzene rings is 2. The SMILES string of the molecule is COCC(C)(NC(=O)OCC1c2ccccc2-c2ccccc21)C(=O)NC[C@@H]1C[C@@H]1C(=O)O. The highest BCUT2D eigenvalue weighted by Crippen LogP contribution is 2.44. The number of hydrogen-bond acceptors (Lipinski definition) is 5. The average molecular weight is 453 g/mol. The molecule has 2 aliphatic carbocycles. The second-order valence-electron chi connectivity index (χ2n) is 8.87. The van der Waals surface area contributed by atoms with E-state index in [1.807, 2.05) is 36.4 Å². The van der Waals surface area contributed by atoms with Crippen molar-refractivity contribution in [2.75, 3.05) is 26.9 Å². The predicted molar refractivity (Wildman–Crippen MR) is 121 cm³/mol. The summed E-state index contributed by atoms with van der Waals surface area (Å²) in [6.45, 7) is 1.86. The number of carbonyl (C=O) groups excluding carboxylic acids is 2. The average Bonchev–Trinajstić information content (AvgIpc) is 3.52. The second-order valence-corrected chi connectivity index (χ2v) is 8.87. The molecule has 1 fully saturated rings. The van der Waals surface area contributed by atoms with E-state index in [0.717, 1.165) is 22.3 Å². The smallest absolute Gasteiger partial charge is 0.408 e. The molecular formula is C25H28N2O6. The van der Waals surface area contributed by atoms with Crippen LogP contribution in [0.1, 0.15) is 30.4 Å². The van der Waals surface area contributed by atoms with Crippen LogP contribution in [0, 0.1) is 11.8 Å². The van der Waals surface area contributed by atoms with Crippen LogP contribution in [0.2, 0.25) is 0 Å². The zero-order valence-electron chi connectivity index (χ0n) is 18.7. The lowest BCUT2D eigenvalue weighted by Crippen LogP contribution is -2.60. The number of hydrogen-bond donors (Lipinski definition) is 3. The van der Waals surface area contributed by atoms with Gasteiger partial charge < -0.3 is 25.2 Å². The number of carbonyl (C=O) groups is 3. The van der Waals surface area contributed by atoms with Crippen molar-refractivity contribution in [2.24, 2.45) is 11.8 Å². The molecule has 0 heterocycles. The first-order valence-corrected chi connectivity index (χ1v) is 11.0. The maximum Gasteiger partial charge on any atom is 0.408 e. The fraction of sp³-hybridized carbons (Fsp3) is 0.400. The molecule has 0 saturated heterocycles. The Bertz CT molecular complexity index is 1020. The van der Waals surface area contributed by atoms with E-state index in [0.29, 0.717) is 6.42 Å². The molecule has 8 nitrogen and oxygen atoms in total. The van der Waals surface area contributed by atoms with Gasteiger partial charge in [-0.25, -0.2) is 4.79 Å².